The van der Waals surface area contributed by atoms with Crippen LogP contribution in [-0.4, -0.2) is 144 Å². The van der Waals surface area contributed by atoms with Gasteiger partial charge in [-0.15, -0.1) is 0 Å². The van der Waals surface area contributed by atoms with Gasteiger partial charge in [0.05, 0.1) is 41.5 Å². The van der Waals surface area contributed by atoms with Crippen LogP contribution in [0.5, 0.6) is 0 Å². The van der Waals surface area contributed by atoms with Gasteiger partial charge in [0.15, 0.2) is 12.6 Å². The quantitative estimate of drug-likeness (QED) is 0.308. The van der Waals surface area contributed by atoms with Crippen molar-refractivity contribution in [2.45, 2.75) is 160 Å². The largest absolute Gasteiger partial charge is 0.387 e. The molecule has 15 atom stereocenters. The van der Waals surface area contributed by atoms with Crippen molar-refractivity contribution in [3.05, 3.63) is 0 Å². The first-order valence-corrected chi connectivity index (χ1v) is 18.1. The van der Waals surface area contributed by atoms with E-state index in [1.165, 1.54) is 7.11 Å². The Morgan fingerprint density at radius 3 is 2.22 bits per heavy atom. The summed E-state index contributed by atoms with van der Waals surface area (Å²) in [5.41, 5.74) is -2.48. The highest BCUT2D eigenvalue weighted by Gasteiger charge is 2.51. The van der Waals surface area contributed by atoms with Gasteiger partial charge in [0.25, 0.3) is 0 Å². The summed E-state index contributed by atoms with van der Waals surface area (Å²) in [4.78, 5) is 31.1. The number of ether oxygens (including phenoxy) is 5. The van der Waals surface area contributed by atoms with Gasteiger partial charge in [-0.25, -0.2) is 0 Å². The first kappa shape index (κ1) is 42.0. The van der Waals surface area contributed by atoms with E-state index >= 15 is 0 Å². The number of carbonyl (C=O) groups excluding carboxylic acids is 2. The standard InChI is InChI=1S/C36H67N3O10/c1-19(2)25-15-27(40)39(12)18-20(3)16-35(8,44)32(49-34-29(41)26(38(10)11)14-21(4)46-34)22(5)30(23(6)33(43)37-25)48-28-17-36(9,45-13)31(42)24(7)47-28/h19-26,28-32,34,41-42,44H,14-18H2,1-13H3,(H,37,43)/t20-,21-,22+,23-,24+,25-,26+,28+,29-,30+,31+,32-,34+,35-,36-/m1/s1. The molecule has 3 aliphatic rings. The van der Waals surface area contributed by atoms with Crippen molar-refractivity contribution in [3.63, 3.8) is 0 Å². The minimum Gasteiger partial charge on any atom is -0.387 e. The Hall–Kier alpha value is -1.42. The number of carbonyl (C=O) groups is 2. The lowest BCUT2D eigenvalue weighted by Gasteiger charge is -2.49. The number of likely N-dealkylation sites (N-methyl/N-ethyl adjacent to an activating group) is 1. The van der Waals surface area contributed by atoms with Gasteiger partial charge >= 0.3 is 0 Å². The monoisotopic (exact) mass is 701 g/mol. The molecule has 0 saturated carbocycles. The number of nitrogens with one attached hydrogen (secondary N) is 1. The first-order chi connectivity index (χ1) is 22.6. The average Bonchev–Trinajstić information content (AvgIpc) is 3.00. The number of rotatable bonds is 7. The molecule has 3 saturated heterocycles. The summed E-state index contributed by atoms with van der Waals surface area (Å²) in [6.07, 6.45) is -5.39. The lowest BCUT2D eigenvalue weighted by molar-refractivity contribution is -0.317. The summed E-state index contributed by atoms with van der Waals surface area (Å²) >= 11 is 0. The van der Waals surface area contributed by atoms with E-state index in [4.69, 9.17) is 23.7 Å². The van der Waals surface area contributed by atoms with E-state index < -0.39 is 72.2 Å². The maximum absolute atomic E-state index is 14.1. The fourth-order valence-electron chi connectivity index (χ4n) is 7.99. The molecular weight excluding hydrogens is 634 g/mol. The third kappa shape index (κ3) is 10.1. The van der Waals surface area contributed by atoms with Crippen LogP contribution in [0, 0.1) is 23.7 Å². The average molecular weight is 702 g/mol. The van der Waals surface area contributed by atoms with E-state index in [0.29, 0.717) is 13.0 Å². The van der Waals surface area contributed by atoms with E-state index in [1.807, 2.05) is 53.6 Å². The second-order valence-electron chi connectivity index (χ2n) is 16.3. The fraction of sp³-hybridized carbons (Fsp3) is 0.944. The number of hydrogen-bond donors (Lipinski definition) is 4. The Labute approximate surface area is 294 Å². The van der Waals surface area contributed by atoms with E-state index in [9.17, 15) is 24.9 Å². The SMILES string of the molecule is CO[C@]1(C)C[C@H](O[C@H]2[C@H](C)[C@@H](O[C@@H]3O[C@H](C)C[C@H](N(C)C)[C@H]3O)[C@](C)(O)C[C@@H](C)CN(C)C(=O)C[C@H](C(C)C)NC(=O)[C@@H]2C)O[C@@H](C)[C@@H]1O. The van der Waals surface area contributed by atoms with Crippen LogP contribution in [0.15, 0.2) is 0 Å². The Balaban J connectivity index is 2.12. The molecule has 3 fully saturated rings. The van der Waals surface area contributed by atoms with Gasteiger partial charge in [0.2, 0.25) is 11.8 Å². The molecule has 13 heteroatoms. The summed E-state index contributed by atoms with van der Waals surface area (Å²) in [5, 5.41) is 37.8. The summed E-state index contributed by atoms with van der Waals surface area (Å²) in [6, 6.07) is -0.659. The van der Waals surface area contributed by atoms with E-state index in [1.54, 1.807) is 39.6 Å². The molecule has 3 rings (SSSR count). The Morgan fingerprint density at radius 1 is 1.02 bits per heavy atom. The zero-order chi connectivity index (χ0) is 37.2. The van der Waals surface area contributed by atoms with E-state index in [0.717, 1.165) is 0 Å². The van der Waals surface area contributed by atoms with Crippen molar-refractivity contribution in [2.24, 2.45) is 23.7 Å². The van der Waals surface area contributed by atoms with Crippen LogP contribution in [0.2, 0.25) is 0 Å². The predicted molar refractivity (Wildman–Crippen MR) is 184 cm³/mol. The number of aliphatic hydroxyl groups is 3. The smallest absolute Gasteiger partial charge is 0.225 e. The summed E-state index contributed by atoms with van der Waals surface area (Å²) in [6.45, 7) is 17.1. The molecule has 0 bridgehead atoms. The van der Waals surface area contributed by atoms with Crippen molar-refractivity contribution in [1.82, 2.24) is 15.1 Å². The van der Waals surface area contributed by atoms with Crippen LogP contribution in [0.3, 0.4) is 0 Å². The van der Waals surface area contributed by atoms with E-state index in [2.05, 4.69) is 5.32 Å². The molecule has 0 aliphatic carbocycles. The maximum atomic E-state index is 14.1. The molecule has 0 unspecified atom stereocenters. The van der Waals surface area contributed by atoms with Crippen LogP contribution >= 0.6 is 0 Å². The normalized spacial score (nSPS) is 45.3. The fourth-order valence-corrected chi connectivity index (χ4v) is 7.99. The maximum Gasteiger partial charge on any atom is 0.225 e. The second-order valence-corrected chi connectivity index (χ2v) is 16.3. The van der Waals surface area contributed by atoms with Gasteiger partial charge in [-0.05, 0) is 66.5 Å². The number of methoxy groups -OCH3 is 1. The van der Waals surface area contributed by atoms with Crippen LogP contribution in [-0.2, 0) is 33.3 Å². The highest BCUT2D eigenvalue weighted by molar-refractivity contribution is 5.81. The van der Waals surface area contributed by atoms with Crippen LogP contribution in [0.25, 0.3) is 0 Å². The van der Waals surface area contributed by atoms with Crippen molar-refractivity contribution in [3.8, 4) is 0 Å². The lowest BCUT2D eigenvalue weighted by Crippen LogP contribution is -2.61. The molecule has 4 N–H and O–H groups in total. The molecular formula is C36H67N3O10. The van der Waals surface area contributed by atoms with E-state index in [-0.39, 0.29) is 55.1 Å². The van der Waals surface area contributed by atoms with Gasteiger partial charge in [0, 0.05) is 51.5 Å². The van der Waals surface area contributed by atoms with Crippen LogP contribution in [0.4, 0.5) is 0 Å². The molecule has 0 spiro atoms. The summed E-state index contributed by atoms with van der Waals surface area (Å²) < 4.78 is 31.5. The minimum atomic E-state index is -1.51. The van der Waals surface area contributed by atoms with Crippen molar-refractivity contribution in [2.75, 3.05) is 34.8 Å². The molecule has 0 aromatic rings. The third-order valence-corrected chi connectivity index (χ3v) is 11.2. The zero-order valence-corrected chi connectivity index (χ0v) is 32.2. The van der Waals surface area contributed by atoms with Gasteiger partial charge in [0.1, 0.15) is 12.2 Å². The Kier molecular flexibility index (Phi) is 14.5. The summed E-state index contributed by atoms with van der Waals surface area (Å²) in [5.74, 6) is -2.01. The topological polar surface area (TPSA) is 159 Å². The van der Waals surface area contributed by atoms with Crippen molar-refractivity contribution < 1.29 is 48.6 Å². The Bertz CT molecular complexity index is 1090. The highest BCUT2D eigenvalue weighted by Crippen LogP contribution is 2.39. The molecule has 286 valence electrons. The molecule has 2 amide bonds. The zero-order valence-electron chi connectivity index (χ0n) is 32.2. The molecule has 0 aromatic heterocycles. The van der Waals surface area contributed by atoms with Gasteiger partial charge in [-0.3, -0.25) is 9.59 Å². The number of aliphatic hydroxyl groups excluding tert-OH is 2. The van der Waals surface area contributed by atoms with Gasteiger partial charge in [-0.2, -0.15) is 0 Å². The number of nitrogens with zero attached hydrogens (tertiary/aromatic N) is 2. The highest BCUT2D eigenvalue weighted by atomic mass is 16.7. The van der Waals surface area contributed by atoms with Gasteiger partial charge in [-0.1, -0.05) is 34.6 Å². The minimum absolute atomic E-state index is 0.0181. The molecule has 3 heterocycles. The summed E-state index contributed by atoms with van der Waals surface area (Å²) in [7, 11) is 7.07. The third-order valence-electron chi connectivity index (χ3n) is 11.2. The van der Waals surface area contributed by atoms with Crippen LogP contribution in [0.1, 0.15) is 88.0 Å². The number of hydrogen-bond acceptors (Lipinski definition) is 11. The van der Waals surface area contributed by atoms with Gasteiger partial charge < -0.3 is 54.1 Å². The lowest BCUT2D eigenvalue weighted by atomic mass is 9.77. The molecule has 0 radical (unpaired) electrons. The molecule has 49 heavy (non-hydrogen) atoms. The molecule has 13 nitrogen and oxygen atoms in total. The van der Waals surface area contributed by atoms with Crippen LogP contribution < -0.4 is 5.32 Å². The molecule has 3 aliphatic heterocycles. The number of amides is 2. The Morgan fingerprint density at radius 2 is 1.65 bits per heavy atom. The van der Waals surface area contributed by atoms with Crippen molar-refractivity contribution >= 4 is 11.8 Å². The predicted octanol–water partition coefficient (Wildman–Crippen LogP) is 2.14. The van der Waals surface area contributed by atoms with Crippen molar-refractivity contribution in [1.29, 1.82) is 0 Å². The second kappa shape index (κ2) is 16.9. The first-order valence-electron chi connectivity index (χ1n) is 18.1. The molecule has 0 aromatic carbocycles.